The maximum absolute atomic E-state index is 4.14. The fraction of sp³-hybridized carbons (Fsp3) is 0.222. The summed E-state index contributed by atoms with van der Waals surface area (Å²) in [6.45, 7) is 2.50. The molecule has 2 aromatic heterocycles. The van der Waals surface area contributed by atoms with E-state index in [1.165, 1.54) is 11.5 Å². The summed E-state index contributed by atoms with van der Waals surface area (Å²) < 4.78 is 5.94. The molecular formula is C9H8N4S. The highest BCUT2D eigenvalue weighted by atomic mass is 32.1. The molecule has 0 atom stereocenters. The van der Waals surface area contributed by atoms with Gasteiger partial charge in [0.15, 0.2) is 5.01 Å². The minimum Gasteiger partial charge on any atom is -0.326 e. The van der Waals surface area contributed by atoms with E-state index >= 15 is 0 Å². The van der Waals surface area contributed by atoms with Crippen LogP contribution in [0.2, 0.25) is 0 Å². The van der Waals surface area contributed by atoms with Crippen LogP contribution in [0, 0.1) is 18.8 Å². The first kappa shape index (κ1) is 8.91. The van der Waals surface area contributed by atoms with Crippen molar-refractivity contribution in [2.45, 2.75) is 13.5 Å². The second kappa shape index (κ2) is 4.03. The molecule has 0 unspecified atom stereocenters. The first-order chi connectivity index (χ1) is 6.84. The van der Waals surface area contributed by atoms with Crippen LogP contribution in [0.3, 0.4) is 0 Å². The van der Waals surface area contributed by atoms with E-state index in [1.54, 1.807) is 12.5 Å². The second-order valence-electron chi connectivity index (χ2n) is 2.68. The van der Waals surface area contributed by atoms with Crippen molar-refractivity contribution in [2.24, 2.45) is 0 Å². The van der Waals surface area contributed by atoms with E-state index in [0.29, 0.717) is 6.54 Å². The fourth-order valence-corrected chi connectivity index (χ4v) is 1.48. The van der Waals surface area contributed by atoms with Gasteiger partial charge >= 0.3 is 0 Å². The number of rotatable bonds is 1. The van der Waals surface area contributed by atoms with E-state index in [2.05, 4.69) is 26.2 Å². The molecule has 5 heteroatoms. The van der Waals surface area contributed by atoms with Crippen molar-refractivity contribution in [3.05, 3.63) is 29.6 Å². The van der Waals surface area contributed by atoms with E-state index in [0.717, 1.165) is 10.8 Å². The molecule has 0 saturated carbocycles. The Balaban J connectivity index is 2.01. The highest BCUT2D eigenvalue weighted by Gasteiger charge is 1.93. The summed E-state index contributed by atoms with van der Waals surface area (Å²) in [5.41, 5.74) is 0. The van der Waals surface area contributed by atoms with Crippen LogP contribution in [-0.4, -0.2) is 18.9 Å². The topological polar surface area (TPSA) is 43.6 Å². The largest absolute Gasteiger partial charge is 0.326 e. The van der Waals surface area contributed by atoms with E-state index in [4.69, 9.17) is 0 Å². The van der Waals surface area contributed by atoms with Crippen LogP contribution in [0.25, 0.3) is 0 Å². The minimum atomic E-state index is 0.638. The first-order valence-corrected chi connectivity index (χ1v) is 4.87. The lowest BCUT2D eigenvalue weighted by molar-refractivity contribution is 0.839. The molecule has 0 aromatic carbocycles. The molecule has 2 aromatic rings. The zero-order chi connectivity index (χ0) is 9.80. The molecule has 70 valence electrons. The predicted octanol–water partition coefficient (Wildman–Crippen LogP) is 1.09. The van der Waals surface area contributed by atoms with Crippen LogP contribution < -0.4 is 0 Å². The molecule has 0 bridgehead atoms. The van der Waals surface area contributed by atoms with Crippen molar-refractivity contribution in [2.75, 3.05) is 0 Å². The standard InChI is InChI=1S/C9H8N4S/c1-8-11-9(14-12-8)3-2-5-13-6-4-10-7-13/h4,6-7H,5H2,1H3. The van der Waals surface area contributed by atoms with Gasteiger partial charge in [0.05, 0.1) is 12.9 Å². The van der Waals surface area contributed by atoms with Gasteiger partial charge in [0.1, 0.15) is 5.82 Å². The fourth-order valence-electron chi connectivity index (χ4n) is 0.935. The summed E-state index contributed by atoms with van der Waals surface area (Å²) >= 11 is 1.33. The molecule has 0 amide bonds. The highest BCUT2D eigenvalue weighted by Crippen LogP contribution is 2.00. The summed E-state index contributed by atoms with van der Waals surface area (Å²) in [5, 5.41) is 0.766. The number of aromatic nitrogens is 4. The molecule has 2 heterocycles. The van der Waals surface area contributed by atoms with Crippen LogP contribution >= 0.6 is 11.5 Å². The Kier molecular flexibility index (Phi) is 2.56. The zero-order valence-corrected chi connectivity index (χ0v) is 8.45. The Labute approximate surface area is 85.8 Å². The monoisotopic (exact) mass is 204 g/mol. The number of hydrogen-bond acceptors (Lipinski definition) is 4. The van der Waals surface area contributed by atoms with Gasteiger partial charge in [-0.15, -0.1) is 0 Å². The lowest BCUT2D eigenvalue weighted by Gasteiger charge is -1.89. The third kappa shape index (κ3) is 2.18. The molecule has 0 radical (unpaired) electrons. The normalized spacial score (nSPS) is 9.50. The maximum Gasteiger partial charge on any atom is 0.186 e. The Morgan fingerprint density at radius 1 is 1.57 bits per heavy atom. The van der Waals surface area contributed by atoms with Crippen LogP contribution in [0.15, 0.2) is 18.7 Å². The van der Waals surface area contributed by atoms with E-state index in [-0.39, 0.29) is 0 Å². The summed E-state index contributed by atoms with van der Waals surface area (Å²) in [7, 11) is 0. The van der Waals surface area contributed by atoms with Gasteiger partial charge in [-0.2, -0.15) is 4.37 Å². The van der Waals surface area contributed by atoms with Gasteiger partial charge in [-0.05, 0) is 24.4 Å². The Morgan fingerprint density at radius 2 is 2.50 bits per heavy atom. The SMILES string of the molecule is Cc1nsc(C#CCn2ccnc2)n1. The summed E-state index contributed by atoms with van der Waals surface area (Å²) in [4.78, 5) is 8.06. The number of imidazole rings is 1. The maximum atomic E-state index is 4.14. The van der Waals surface area contributed by atoms with Crippen molar-refractivity contribution >= 4 is 11.5 Å². The Bertz CT molecular complexity index is 460. The summed E-state index contributed by atoms with van der Waals surface area (Å²) in [6, 6.07) is 0. The molecule has 0 spiro atoms. The van der Waals surface area contributed by atoms with E-state index in [1.807, 2.05) is 17.7 Å². The zero-order valence-electron chi connectivity index (χ0n) is 7.64. The minimum absolute atomic E-state index is 0.638. The van der Waals surface area contributed by atoms with E-state index < -0.39 is 0 Å². The summed E-state index contributed by atoms with van der Waals surface area (Å²) in [5.74, 6) is 6.73. The van der Waals surface area contributed by atoms with Gasteiger partial charge in [0, 0.05) is 12.4 Å². The number of hydrogen-bond donors (Lipinski definition) is 0. The molecule has 0 N–H and O–H groups in total. The number of aryl methyl sites for hydroxylation is 1. The van der Waals surface area contributed by atoms with Crippen LogP contribution in [0.4, 0.5) is 0 Å². The van der Waals surface area contributed by atoms with Crippen molar-refractivity contribution in [1.82, 2.24) is 18.9 Å². The second-order valence-corrected chi connectivity index (χ2v) is 3.44. The molecule has 0 aliphatic carbocycles. The van der Waals surface area contributed by atoms with Gasteiger partial charge in [0.2, 0.25) is 0 Å². The molecule has 0 aliphatic heterocycles. The van der Waals surface area contributed by atoms with E-state index in [9.17, 15) is 0 Å². The first-order valence-electron chi connectivity index (χ1n) is 4.09. The van der Waals surface area contributed by atoms with Gasteiger partial charge in [-0.25, -0.2) is 9.97 Å². The Morgan fingerprint density at radius 3 is 3.14 bits per heavy atom. The molecule has 0 aliphatic rings. The Hall–Kier alpha value is -1.67. The molecule has 0 fully saturated rings. The van der Waals surface area contributed by atoms with Crippen LogP contribution in [-0.2, 0) is 6.54 Å². The average molecular weight is 204 g/mol. The van der Waals surface area contributed by atoms with Gasteiger partial charge in [0.25, 0.3) is 0 Å². The molecule has 14 heavy (non-hydrogen) atoms. The third-order valence-electron chi connectivity index (χ3n) is 1.54. The third-order valence-corrected chi connectivity index (χ3v) is 2.27. The highest BCUT2D eigenvalue weighted by molar-refractivity contribution is 7.06. The van der Waals surface area contributed by atoms with Gasteiger partial charge in [-0.1, -0.05) is 5.92 Å². The summed E-state index contributed by atoms with van der Waals surface area (Å²) in [6.07, 6.45) is 5.34. The van der Waals surface area contributed by atoms with Crippen molar-refractivity contribution in [3.8, 4) is 11.8 Å². The van der Waals surface area contributed by atoms with Gasteiger partial charge < -0.3 is 4.57 Å². The lowest BCUT2D eigenvalue weighted by Crippen LogP contribution is -1.89. The number of nitrogens with zero attached hydrogens (tertiary/aromatic N) is 4. The lowest BCUT2D eigenvalue weighted by atomic mass is 10.5. The molecule has 2 rings (SSSR count). The average Bonchev–Trinajstić information content (AvgIpc) is 2.77. The molecule has 4 nitrogen and oxygen atoms in total. The van der Waals surface area contributed by atoms with Gasteiger partial charge in [-0.3, -0.25) is 0 Å². The smallest absolute Gasteiger partial charge is 0.186 e. The quantitative estimate of drug-likeness (QED) is 0.653. The van der Waals surface area contributed by atoms with Crippen LogP contribution in [0.1, 0.15) is 10.8 Å². The van der Waals surface area contributed by atoms with Crippen molar-refractivity contribution in [3.63, 3.8) is 0 Å². The molecule has 0 saturated heterocycles. The molecular weight excluding hydrogens is 196 g/mol. The van der Waals surface area contributed by atoms with Crippen molar-refractivity contribution < 1.29 is 0 Å². The predicted molar refractivity (Wildman–Crippen MR) is 53.8 cm³/mol. The van der Waals surface area contributed by atoms with Crippen molar-refractivity contribution in [1.29, 1.82) is 0 Å². The van der Waals surface area contributed by atoms with Crippen LogP contribution in [0.5, 0.6) is 0 Å².